The summed E-state index contributed by atoms with van der Waals surface area (Å²) in [5.41, 5.74) is 1.97. The summed E-state index contributed by atoms with van der Waals surface area (Å²) in [6.45, 7) is 4.64. The fourth-order valence-corrected chi connectivity index (χ4v) is 4.16. The smallest absolute Gasteiger partial charge is 0.259 e. The Kier molecular flexibility index (Phi) is 4.65. The molecule has 1 aliphatic rings. The standard InChI is InChI=1S/C18H18ClN5OS/c1-13-15(16(19)24(21-13)14-5-3-2-4-6-14)17(25)22-8-10-23(11-9-22)18-20-7-12-26-18/h2-7,12H,8-11H2,1H3. The van der Waals surface area contributed by atoms with Gasteiger partial charge >= 0.3 is 0 Å². The zero-order valence-corrected chi connectivity index (χ0v) is 15.9. The van der Waals surface area contributed by atoms with Gasteiger partial charge in [0.25, 0.3) is 5.91 Å². The van der Waals surface area contributed by atoms with Gasteiger partial charge in [0.1, 0.15) is 5.15 Å². The summed E-state index contributed by atoms with van der Waals surface area (Å²) in [7, 11) is 0. The Morgan fingerprint density at radius 2 is 1.88 bits per heavy atom. The number of hydrogen-bond donors (Lipinski definition) is 0. The molecule has 0 radical (unpaired) electrons. The number of hydrogen-bond acceptors (Lipinski definition) is 5. The quantitative estimate of drug-likeness (QED) is 0.692. The van der Waals surface area contributed by atoms with Gasteiger partial charge in [-0.2, -0.15) is 5.10 Å². The Morgan fingerprint density at radius 1 is 1.15 bits per heavy atom. The zero-order valence-electron chi connectivity index (χ0n) is 14.3. The summed E-state index contributed by atoms with van der Waals surface area (Å²) >= 11 is 8.14. The normalized spacial score (nSPS) is 14.7. The molecular formula is C18H18ClN5OS. The predicted molar refractivity (Wildman–Crippen MR) is 104 cm³/mol. The topological polar surface area (TPSA) is 54.3 Å². The number of nitrogens with zero attached hydrogens (tertiary/aromatic N) is 5. The van der Waals surface area contributed by atoms with Crippen LogP contribution >= 0.6 is 22.9 Å². The molecule has 3 heterocycles. The molecule has 8 heteroatoms. The van der Waals surface area contributed by atoms with Crippen LogP contribution in [-0.2, 0) is 0 Å². The molecule has 0 spiro atoms. The summed E-state index contributed by atoms with van der Waals surface area (Å²) in [6.07, 6.45) is 1.80. The number of rotatable bonds is 3. The minimum Gasteiger partial charge on any atom is -0.345 e. The largest absolute Gasteiger partial charge is 0.345 e. The lowest BCUT2D eigenvalue weighted by Gasteiger charge is -2.34. The Bertz CT molecular complexity index is 901. The highest BCUT2D eigenvalue weighted by molar-refractivity contribution is 7.13. The van der Waals surface area contributed by atoms with Gasteiger partial charge in [-0.05, 0) is 19.1 Å². The summed E-state index contributed by atoms with van der Waals surface area (Å²) in [5.74, 6) is -0.0616. The second-order valence-electron chi connectivity index (χ2n) is 6.09. The van der Waals surface area contributed by atoms with E-state index in [4.69, 9.17) is 11.6 Å². The van der Waals surface area contributed by atoms with Crippen LogP contribution in [0.3, 0.4) is 0 Å². The first kappa shape index (κ1) is 17.1. The van der Waals surface area contributed by atoms with Gasteiger partial charge in [0.05, 0.1) is 16.9 Å². The number of aromatic nitrogens is 3. The highest BCUT2D eigenvalue weighted by Crippen LogP contribution is 2.26. The van der Waals surface area contributed by atoms with E-state index >= 15 is 0 Å². The van der Waals surface area contributed by atoms with Crippen molar-refractivity contribution in [1.29, 1.82) is 0 Å². The third kappa shape index (κ3) is 3.08. The van der Waals surface area contributed by atoms with Crippen LogP contribution in [-0.4, -0.2) is 51.8 Å². The number of carbonyl (C=O) groups is 1. The van der Waals surface area contributed by atoms with Crippen LogP contribution in [0.5, 0.6) is 0 Å². The summed E-state index contributed by atoms with van der Waals surface area (Å²) in [4.78, 5) is 21.4. The monoisotopic (exact) mass is 387 g/mol. The van der Waals surface area contributed by atoms with E-state index in [1.54, 1.807) is 22.2 Å². The highest BCUT2D eigenvalue weighted by atomic mass is 35.5. The Balaban J connectivity index is 1.53. The van der Waals surface area contributed by atoms with Gasteiger partial charge in [-0.3, -0.25) is 4.79 Å². The van der Waals surface area contributed by atoms with E-state index in [-0.39, 0.29) is 5.91 Å². The van der Waals surface area contributed by atoms with E-state index in [1.807, 2.05) is 47.5 Å². The van der Waals surface area contributed by atoms with E-state index in [1.165, 1.54) is 0 Å². The van der Waals surface area contributed by atoms with Crippen molar-refractivity contribution in [3.8, 4) is 5.69 Å². The summed E-state index contributed by atoms with van der Waals surface area (Å²) in [6, 6.07) is 9.60. The van der Waals surface area contributed by atoms with Crippen LogP contribution in [0.15, 0.2) is 41.9 Å². The number of piperazine rings is 1. The maximum absolute atomic E-state index is 13.0. The molecule has 0 atom stereocenters. The number of thiazole rings is 1. The Hall–Kier alpha value is -2.38. The molecule has 1 saturated heterocycles. The van der Waals surface area contributed by atoms with E-state index in [9.17, 15) is 4.79 Å². The number of halogens is 1. The van der Waals surface area contributed by atoms with Crippen molar-refractivity contribution in [3.63, 3.8) is 0 Å². The lowest BCUT2D eigenvalue weighted by Crippen LogP contribution is -2.48. The average molecular weight is 388 g/mol. The molecule has 0 N–H and O–H groups in total. The van der Waals surface area contributed by atoms with Crippen molar-refractivity contribution in [2.24, 2.45) is 0 Å². The maximum atomic E-state index is 13.0. The summed E-state index contributed by atoms with van der Waals surface area (Å²) < 4.78 is 1.62. The first-order chi connectivity index (χ1) is 12.6. The van der Waals surface area contributed by atoms with E-state index in [2.05, 4.69) is 15.0 Å². The number of carbonyl (C=O) groups excluding carboxylic acids is 1. The van der Waals surface area contributed by atoms with Crippen LogP contribution in [0.2, 0.25) is 5.15 Å². The molecule has 1 amide bonds. The predicted octanol–water partition coefficient (Wildman–Crippen LogP) is 3.25. The van der Waals surface area contributed by atoms with Gasteiger partial charge in [-0.25, -0.2) is 9.67 Å². The zero-order chi connectivity index (χ0) is 18.1. The van der Waals surface area contributed by atoms with Gasteiger partial charge in [-0.15, -0.1) is 11.3 Å². The molecular weight excluding hydrogens is 370 g/mol. The number of para-hydroxylation sites is 1. The molecule has 26 heavy (non-hydrogen) atoms. The molecule has 0 saturated carbocycles. The van der Waals surface area contributed by atoms with Crippen molar-refractivity contribution in [2.75, 3.05) is 31.1 Å². The molecule has 1 aliphatic heterocycles. The Morgan fingerprint density at radius 3 is 2.54 bits per heavy atom. The molecule has 0 bridgehead atoms. The van der Waals surface area contributed by atoms with Crippen LogP contribution < -0.4 is 4.90 Å². The van der Waals surface area contributed by atoms with Gasteiger partial charge in [-0.1, -0.05) is 29.8 Å². The fraction of sp³-hybridized carbons (Fsp3) is 0.278. The lowest BCUT2D eigenvalue weighted by molar-refractivity contribution is 0.0746. The molecule has 0 aliphatic carbocycles. The minimum absolute atomic E-state index is 0.0616. The number of amides is 1. The first-order valence-corrected chi connectivity index (χ1v) is 9.65. The number of benzene rings is 1. The average Bonchev–Trinajstić information content (AvgIpc) is 3.30. The van der Waals surface area contributed by atoms with Crippen LogP contribution in [0.25, 0.3) is 5.69 Å². The molecule has 6 nitrogen and oxygen atoms in total. The van der Waals surface area contributed by atoms with Crippen molar-refractivity contribution >= 4 is 34.0 Å². The molecule has 4 rings (SSSR count). The van der Waals surface area contributed by atoms with Gasteiger partial charge in [0, 0.05) is 37.8 Å². The maximum Gasteiger partial charge on any atom is 0.259 e. The third-order valence-electron chi connectivity index (χ3n) is 4.48. The van der Waals surface area contributed by atoms with Crippen molar-refractivity contribution in [1.82, 2.24) is 19.7 Å². The van der Waals surface area contributed by atoms with E-state index in [0.29, 0.717) is 29.5 Å². The van der Waals surface area contributed by atoms with Gasteiger partial charge in [0.15, 0.2) is 5.13 Å². The van der Waals surface area contributed by atoms with Crippen molar-refractivity contribution in [3.05, 3.63) is 58.3 Å². The second kappa shape index (κ2) is 7.09. The first-order valence-electron chi connectivity index (χ1n) is 8.39. The molecule has 1 aromatic carbocycles. The molecule has 1 fully saturated rings. The van der Waals surface area contributed by atoms with E-state index < -0.39 is 0 Å². The SMILES string of the molecule is Cc1nn(-c2ccccc2)c(Cl)c1C(=O)N1CCN(c2nccs2)CC1. The molecule has 0 unspecified atom stereocenters. The molecule has 3 aromatic rings. The molecule has 134 valence electrons. The number of aryl methyl sites for hydroxylation is 1. The minimum atomic E-state index is -0.0616. The van der Waals surface area contributed by atoms with Gasteiger partial charge in [0.2, 0.25) is 0 Å². The van der Waals surface area contributed by atoms with Crippen LogP contribution in [0, 0.1) is 6.92 Å². The van der Waals surface area contributed by atoms with Gasteiger partial charge < -0.3 is 9.80 Å². The van der Waals surface area contributed by atoms with Crippen LogP contribution in [0.1, 0.15) is 16.1 Å². The Labute approximate surface area is 160 Å². The van der Waals surface area contributed by atoms with Crippen LogP contribution in [0.4, 0.5) is 5.13 Å². The molecule has 2 aromatic heterocycles. The fourth-order valence-electron chi connectivity index (χ4n) is 3.11. The summed E-state index contributed by atoms with van der Waals surface area (Å²) in [5, 5.41) is 7.80. The van der Waals surface area contributed by atoms with Crippen molar-refractivity contribution < 1.29 is 4.79 Å². The number of anilines is 1. The van der Waals surface area contributed by atoms with Crippen molar-refractivity contribution in [2.45, 2.75) is 6.92 Å². The highest BCUT2D eigenvalue weighted by Gasteiger charge is 2.28. The van der Waals surface area contributed by atoms with E-state index in [0.717, 1.165) is 23.9 Å². The lowest BCUT2D eigenvalue weighted by atomic mass is 10.2. The third-order valence-corrected chi connectivity index (χ3v) is 5.66. The second-order valence-corrected chi connectivity index (χ2v) is 7.32.